The molecule has 1 nitrogen and oxygen atoms in total. The summed E-state index contributed by atoms with van der Waals surface area (Å²) >= 11 is 0. The molecule has 0 aromatic heterocycles. The molecule has 0 amide bonds. The number of allylic oxidation sites excluding steroid dienone is 2. The molecule has 0 saturated heterocycles. The normalized spacial score (nSPS) is 20.3. The molecule has 1 aliphatic heterocycles. The monoisotopic (exact) mass is 586 g/mol. The van der Waals surface area contributed by atoms with E-state index >= 15 is 0 Å². The fraction of sp³-hybridized carbons (Fsp3) is 0.0667. The van der Waals surface area contributed by atoms with E-state index in [9.17, 15) is 0 Å². The molecule has 7 aromatic rings. The van der Waals surface area contributed by atoms with E-state index in [0.717, 1.165) is 5.75 Å². The molecule has 0 N–H and O–H groups in total. The molecule has 0 saturated carbocycles. The maximum atomic E-state index is 6.63. The summed E-state index contributed by atoms with van der Waals surface area (Å²) in [6.45, 7) is 0. The average Bonchev–Trinajstić information content (AvgIpc) is 3.44. The van der Waals surface area contributed by atoms with Gasteiger partial charge in [0, 0.05) is 11.3 Å². The van der Waals surface area contributed by atoms with Gasteiger partial charge in [0.1, 0.15) is 11.9 Å². The first-order chi connectivity index (χ1) is 22.8. The van der Waals surface area contributed by atoms with Gasteiger partial charge >= 0.3 is 0 Å². The van der Waals surface area contributed by atoms with Crippen molar-refractivity contribution >= 4 is 21.5 Å². The zero-order valence-electron chi connectivity index (χ0n) is 25.2. The molecule has 1 heterocycles. The van der Waals surface area contributed by atoms with Crippen molar-refractivity contribution in [3.05, 3.63) is 198 Å². The third kappa shape index (κ3) is 3.46. The van der Waals surface area contributed by atoms with E-state index in [1.54, 1.807) is 0 Å². The van der Waals surface area contributed by atoms with Crippen LogP contribution in [0.15, 0.2) is 170 Å². The molecule has 216 valence electrons. The Kier molecular flexibility index (Phi) is 5.39. The van der Waals surface area contributed by atoms with E-state index in [0.29, 0.717) is 0 Å². The lowest BCUT2D eigenvalue weighted by molar-refractivity contribution is 0.227. The van der Waals surface area contributed by atoms with Gasteiger partial charge in [0.15, 0.2) is 0 Å². The molecular formula is C45H30O. The fourth-order valence-electron chi connectivity index (χ4n) is 8.53. The van der Waals surface area contributed by atoms with Crippen molar-refractivity contribution in [3.63, 3.8) is 0 Å². The summed E-state index contributed by atoms with van der Waals surface area (Å²) < 4.78 is 6.63. The second-order valence-corrected chi connectivity index (χ2v) is 12.7. The van der Waals surface area contributed by atoms with Crippen LogP contribution in [0.4, 0.5) is 0 Å². The third-order valence-electron chi connectivity index (χ3n) is 10.5. The van der Waals surface area contributed by atoms with Crippen molar-refractivity contribution in [2.24, 2.45) is 0 Å². The molecular weight excluding hydrogens is 556 g/mol. The smallest absolute Gasteiger partial charge is 0.129 e. The third-order valence-corrected chi connectivity index (χ3v) is 10.5. The Balaban J connectivity index is 1.19. The Bertz CT molecular complexity index is 2400. The Morgan fingerprint density at radius 3 is 2.20 bits per heavy atom. The van der Waals surface area contributed by atoms with Crippen LogP contribution in [0.1, 0.15) is 33.7 Å². The van der Waals surface area contributed by atoms with Crippen LogP contribution in [-0.4, -0.2) is 6.10 Å². The van der Waals surface area contributed by atoms with Gasteiger partial charge in [-0.1, -0.05) is 152 Å². The fourth-order valence-corrected chi connectivity index (χ4v) is 8.53. The summed E-state index contributed by atoms with van der Waals surface area (Å²) in [5, 5.41) is 5.02. The first-order valence-corrected chi connectivity index (χ1v) is 16.2. The summed E-state index contributed by atoms with van der Waals surface area (Å²) in [7, 11) is 0. The number of hydrogen-bond acceptors (Lipinski definition) is 1. The SMILES string of the molecule is C1=CC2Oc3cc(-c4ccc(C5(c6ccccc6)c6ccccc6-c6ccc7ccccc7c65)cc4)cc4cccc(c34)C2C=C1. The quantitative estimate of drug-likeness (QED) is 0.200. The van der Waals surface area contributed by atoms with E-state index in [4.69, 9.17) is 4.74 Å². The highest BCUT2D eigenvalue weighted by atomic mass is 16.5. The van der Waals surface area contributed by atoms with Crippen LogP contribution >= 0.6 is 0 Å². The summed E-state index contributed by atoms with van der Waals surface area (Å²) in [5.74, 6) is 1.23. The number of fused-ring (bicyclic) bond motifs is 7. The Hall–Kier alpha value is -5.66. The second kappa shape index (κ2) is 9.67. The molecule has 0 radical (unpaired) electrons. The van der Waals surface area contributed by atoms with Gasteiger partial charge in [-0.3, -0.25) is 0 Å². The maximum Gasteiger partial charge on any atom is 0.129 e. The lowest BCUT2D eigenvalue weighted by Crippen LogP contribution is -2.28. The number of rotatable bonds is 3. The summed E-state index contributed by atoms with van der Waals surface area (Å²) in [5.41, 5.74) is 11.1. The van der Waals surface area contributed by atoms with Gasteiger partial charge in [-0.15, -0.1) is 0 Å². The summed E-state index contributed by atoms with van der Waals surface area (Å²) in [6.07, 6.45) is 8.71. The zero-order valence-corrected chi connectivity index (χ0v) is 25.2. The minimum Gasteiger partial charge on any atom is -0.485 e. The molecule has 0 spiro atoms. The molecule has 0 fully saturated rings. The van der Waals surface area contributed by atoms with Gasteiger partial charge < -0.3 is 4.74 Å². The minimum atomic E-state index is -0.449. The van der Waals surface area contributed by atoms with Crippen LogP contribution in [0.5, 0.6) is 5.75 Å². The lowest BCUT2D eigenvalue weighted by Gasteiger charge is -2.35. The number of benzene rings is 7. The maximum absolute atomic E-state index is 6.63. The van der Waals surface area contributed by atoms with Crippen molar-refractivity contribution in [2.75, 3.05) is 0 Å². The predicted octanol–water partition coefficient (Wildman–Crippen LogP) is 11.0. The van der Waals surface area contributed by atoms with Crippen molar-refractivity contribution < 1.29 is 4.74 Å². The van der Waals surface area contributed by atoms with Crippen LogP contribution < -0.4 is 4.74 Å². The van der Waals surface area contributed by atoms with Crippen LogP contribution in [-0.2, 0) is 5.41 Å². The first kappa shape index (κ1) is 25.6. The molecule has 0 bridgehead atoms. The van der Waals surface area contributed by atoms with Gasteiger partial charge in [0.05, 0.1) is 5.41 Å². The van der Waals surface area contributed by atoms with Crippen LogP contribution in [0.2, 0.25) is 0 Å². The molecule has 7 aromatic carbocycles. The average molecular weight is 587 g/mol. The highest BCUT2D eigenvalue weighted by Crippen LogP contribution is 2.58. The van der Waals surface area contributed by atoms with E-state index in [1.807, 2.05) is 0 Å². The molecule has 1 heteroatoms. The van der Waals surface area contributed by atoms with E-state index in [-0.39, 0.29) is 12.0 Å². The second-order valence-electron chi connectivity index (χ2n) is 12.7. The van der Waals surface area contributed by atoms with Gasteiger partial charge in [0.25, 0.3) is 0 Å². The topological polar surface area (TPSA) is 9.23 Å². The predicted molar refractivity (Wildman–Crippen MR) is 190 cm³/mol. The standard InChI is InChI=1S/C45H30O/c1-2-13-33(14-3-1)45(40-19-8-6-16-36(40)39-26-23-30-11-4-5-15-35(30)44(39)45)34-24-21-29(22-25-34)32-27-31-12-10-18-38-37-17-7-9-20-41(37)46-42(28-32)43(31)38/h1-28,37,41H. The van der Waals surface area contributed by atoms with Gasteiger partial charge in [-0.2, -0.15) is 0 Å². The molecule has 2 aliphatic carbocycles. The van der Waals surface area contributed by atoms with Crippen molar-refractivity contribution in [2.45, 2.75) is 17.4 Å². The molecule has 3 atom stereocenters. The highest BCUT2D eigenvalue weighted by Gasteiger charge is 2.47. The van der Waals surface area contributed by atoms with Gasteiger partial charge in [0.2, 0.25) is 0 Å². The first-order valence-electron chi connectivity index (χ1n) is 16.2. The van der Waals surface area contributed by atoms with Crippen LogP contribution in [0, 0.1) is 0 Å². The minimum absolute atomic E-state index is 0.0313. The highest BCUT2D eigenvalue weighted by molar-refractivity contribution is 6.00. The Morgan fingerprint density at radius 1 is 0.522 bits per heavy atom. The summed E-state index contributed by atoms with van der Waals surface area (Å²) in [4.78, 5) is 0. The van der Waals surface area contributed by atoms with Gasteiger partial charge in [-0.25, -0.2) is 0 Å². The molecule has 10 rings (SSSR count). The molecule has 3 aliphatic rings. The van der Waals surface area contributed by atoms with Crippen molar-refractivity contribution in [1.29, 1.82) is 0 Å². The lowest BCUT2D eigenvalue weighted by atomic mass is 9.66. The van der Waals surface area contributed by atoms with Crippen LogP contribution in [0.25, 0.3) is 43.8 Å². The summed E-state index contributed by atoms with van der Waals surface area (Å²) in [6, 6.07) is 54.0. The molecule has 46 heavy (non-hydrogen) atoms. The van der Waals surface area contributed by atoms with E-state index < -0.39 is 5.41 Å². The van der Waals surface area contributed by atoms with E-state index in [2.05, 4.69) is 170 Å². The van der Waals surface area contributed by atoms with Crippen molar-refractivity contribution in [1.82, 2.24) is 0 Å². The van der Waals surface area contributed by atoms with E-state index in [1.165, 1.54) is 71.6 Å². The number of ether oxygens (including phenoxy) is 1. The zero-order chi connectivity index (χ0) is 30.2. The number of hydrogen-bond donors (Lipinski definition) is 0. The Morgan fingerprint density at radius 2 is 1.28 bits per heavy atom. The molecule has 3 unspecified atom stereocenters. The van der Waals surface area contributed by atoms with Gasteiger partial charge in [-0.05, 0) is 84.4 Å². The van der Waals surface area contributed by atoms with Crippen molar-refractivity contribution in [3.8, 4) is 28.0 Å². The largest absolute Gasteiger partial charge is 0.485 e. The van der Waals surface area contributed by atoms with Crippen LogP contribution in [0.3, 0.4) is 0 Å². The Labute approximate surface area is 268 Å².